The van der Waals surface area contributed by atoms with E-state index in [1.807, 2.05) is 60.1 Å². The van der Waals surface area contributed by atoms with Crippen molar-refractivity contribution in [2.24, 2.45) is 7.05 Å². The number of nitriles is 1. The fourth-order valence-electron chi connectivity index (χ4n) is 2.22. The summed E-state index contributed by atoms with van der Waals surface area (Å²) in [5.41, 5.74) is 9.10. The standard InChI is InChI=1S/C17H15N5S/c1-22-16(12-6-8-15(19)9-7-12)20-21-17(22)23-11-14-5-3-2-4-13(14)10-18/h2-9H,11,19H2,1H3. The number of benzene rings is 2. The number of hydrogen-bond donors (Lipinski definition) is 1. The summed E-state index contributed by atoms with van der Waals surface area (Å²) in [5, 5.41) is 18.5. The van der Waals surface area contributed by atoms with Crippen LogP contribution in [0.2, 0.25) is 0 Å². The number of thioether (sulfide) groups is 1. The van der Waals surface area contributed by atoms with Gasteiger partial charge >= 0.3 is 0 Å². The minimum Gasteiger partial charge on any atom is -0.399 e. The lowest BCUT2D eigenvalue weighted by atomic mass is 10.1. The van der Waals surface area contributed by atoms with Crippen LogP contribution in [0.15, 0.2) is 53.7 Å². The Morgan fingerprint density at radius 1 is 1.13 bits per heavy atom. The monoisotopic (exact) mass is 321 g/mol. The molecule has 0 spiro atoms. The van der Waals surface area contributed by atoms with Gasteiger partial charge in [0.2, 0.25) is 0 Å². The third kappa shape index (κ3) is 3.20. The molecule has 23 heavy (non-hydrogen) atoms. The molecule has 2 N–H and O–H groups in total. The number of anilines is 1. The molecule has 3 aromatic rings. The Kier molecular flexibility index (Phi) is 4.31. The molecule has 0 atom stereocenters. The summed E-state index contributed by atoms with van der Waals surface area (Å²) in [4.78, 5) is 0. The molecule has 1 heterocycles. The van der Waals surface area contributed by atoms with Crippen LogP contribution in [0.25, 0.3) is 11.4 Å². The van der Waals surface area contributed by atoms with E-state index in [9.17, 15) is 0 Å². The molecule has 0 radical (unpaired) electrons. The normalized spacial score (nSPS) is 10.4. The van der Waals surface area contributed by atoms with Gasteiger partial charge < -0.3 is 10.3 Å². The summed E-state index contributed by atoms with van der Waals surface area (Å²) in [6, 6.07) is 17.4. The van der Waals surface area contributed by atoms with Gasteiger partial charge in [-0.3, -0.25) is 0 Å². The second-order valence-corrected chi connectivity index (χ2v) is 5.99. The quantitative estimate of drug-likeness (QED) is 0.589. The summed E-state index contributed by atoms with van der Waals surface area (Å²) < 4.78 is 1.95. The van der Waals surface area contributed by atoms with Crippen LogP contribution >= 0.6 is 11.8 Å². The smallest absolute Gasteiger partial charge is 0.191 e. The van der Waals surface area contributed by atoms with Gasteiger partial charge in [0.15, 0.2) is 11.0 Å². The summed E-state index contributed by atoms with van der Waals surface area (Å²) >= 11 is 1.56. The summed E-state index contributed by atoms with van der Waals surface area (Å²) in [6.45, 7) is 0. The molecule has 0 fully saturated rings. The van der Waals surface area contributed by atoms with E-state index >= 15 is 0 Å². The molecular weight excluding hydrogens is 306 g/mol. The maximum atomic E-state index is 9.14. The minimum atomic E-state index is 0.678. The van der Waals surface area contributed by atoms with Crippen LogP contribution in [-0.4, -0.2) is 14.8 Å². The fourth-order valence-corrected chi connectivity index (χ4v) is 3.14. The molecule has 5 nitrogen and oxygen atoms in total. The number of hydrogen-bond acceptors (Lipinski definition) is 5. The Morgan fingerprint density at radius 3 is 2.61 bits per heavy atom. The topological polar surface area (TPSA) is 80.5 Å². The second-order valence-electron chi connectivity index (χ2n) is 5.04. The van der Waals surface area contributed by atoms with E-state index in [0.29, 0.717) is 11.3 Å². The van der Waals surface area contributed by atoms with Crippen molar-refractivity contribution in [3.05, 3.63) is 59.7 Å². The average molecular weight is 321 g/mol. The molecule has 114 valence electrons. The number of rotatable bonds is 4. The summed E-state index contributed by atoms with van der Waals surface area (Å²) in [7, 11) is 1.93. The summed E-state index contributed by atoms with van der Waals surface area (Å²) in [6.07, 6.45) is 0. The van der Waals surface area contributed by atoms with Gasteiger partial charge in [0.1, 0.15) is 0 Å². The first-order chi connectivity index (χ1) is 11.2. The van der Waals surface area contributed by atoms with Gasteiger partial charge in [-0.1, -0.05) is 30.0 Å². The number of nitrogen functional groups attached to an aromatic ring is 1. The first kappa shape index (κ1) is 15.1. The highest BCUT2D eigenvalue weighted by molar-refractivity contribution is 7.98. The highest BCUT2D eigenvalue weighted by Crippen LogP contribution is 2.26. The highest BCUT2D eigenvalue weighted by Gasteiger charge is 2.12. The van der Waals surface area contributed by atoms with Gasteiger partial charge in [-0.05, 0) is 35.9 Å². The fraction of sp³-hybridized carbons (Fsp3) is 0.118. The minimum absolute atomic E-state index is 0.678. The molecule has 0 amide bonds. The van der Waals surface area contributed by atoms with Crippen molar-refractivity contribution >= 4 is 17.4 Å². The lowest BCUT2D eigenvalue weighted by Gasteiger charge is -2.05. The molecule has 0 unspecified atom stereocenters. The van der Waals surface area contributed by atoms with E-state index in [-0.39, 0.29) is 0 Å². The van der Waals surface area contributed by atoms with Crippen LogP contribution in [0.1, 0.15) is 11.1 Å². The molecule has 0 saturated heterocycles. The van der Waals surface area contributed by atoms with Gasteiger partial charge in [0.25, 0.3) is 0 Å². The van der Waals surface area contributed by atoms with E-state index in [1.165, 1.54) is 0 Å². The van der Waals surface area contributed by atoms with Gasteiger partial charge in [0, 0.05) is 24.1 Å². The molecule has 3 rings (SSSR count). The van der Waals surface area contributed by atoms with Crippen molar-refractivity contribution in [2.45, 2.75) is 10.9 Å². The van der Waals surface area contributed by atoms with Crippen molar-refractivity contribution in [1.82, 2.24) is 14.8 Å². The average Bonchev–Trinajstić information content (AvgIpc) is 2.95. The van der Waals surface area contributed by atoms with E-state index in [4.69, 9.17) is 11.0 Å². The third-order valence-electron chi connectivity index (χ3n) is 3.50. The Morgan fingerprint density at radius 2 is 1.87 bits per heavy atom. The predicted molar refractivity (Wildman–Crippen MR) is 91.6 cm³/mol. The molecule has 6 heteroatoms. The molecule has 0 aliphatic rings. The second kappa shape index (κ2) is 6.55. The molecule has 0 aliphatic heterocycles. The zero-order valence-electron chi connectivity index (χ0n) is 12.6. The van der Waals surface area contributed by atoms with E-state index < -0.39 is 0 Å². The van der Waals surface area contributed by atoms with Crippen LogP contribution in [0, 0.1) is 11.3 Å². The Balaban J connectivity index is 1.80. The van der Waals surface area contributed by atoms with Gasteiger partial charge in [-0.2, -0.15) is 5.26 Å². The molecule has 0 bridgehead atoms. The van der Waals surface area contributed by atoms with Gasteiger partial charge in [-0.25, -0.2) is 0 Å². The first-order valence-corrected chi connectivity index (χ1v) is 8.03. The van der Waals surface area contributed by atoms with Crippen molar-refractivity contribution in [1.29, 1.82) is 5.26 Å². The van der Waals surface area contributed by atoms with Crippen LogP contribution in [0.3, 0.4) is 0 Å². The van der Waals surface area contributed by atoms with E-state index in [1.54, 1.807) is 11.8 Å². The highest BCUT2D eigenvalue weighted by atomic mass is 32.2. The van der Waals surface area contributed by atoms with Crippen LogP contribution in [0.4, 0.5) is 5.69 Å². The third-order valence-corrected chi connectivity index (χ3v) is 4.57. The first-order valence-electron chi connectivity index (χ1n) is 7.05. The maximum absolute atomic E-state index is 9.14. The number of nitrogens with two attached hydrogens (primary N) is 1. The predicted octanol–water partition coefficient (Wildman–Crippen LogP) is 3.23. The van der Waals surface area contributed by atoms with E-state index in [2.05, 4.69) is 16.3 Å². The Hall–Kier alpha value is -2.78. The van der Waals surface area contributed by atoms with Crippen LogP contribution in [-0.2, 0) is 12.8 Å². The molecular formula is C17H15N5S. The van der Waals surface area contributed by atoms with Crippen molar-refractivity contribution in [3.63, 3.8) is 0 Å². The van der Waals surface area contributed by atoms with Gasteiger partial charge in [0.05, 0.1) is 11.6 Å². The lowest BCUT2D eigenvalue weighted by Crippen LogP contribution is -1.96. The van der Waals surface area contributed by atoms with Crippen LogP contribution in [0.5, 0.6) is 0 Å². The lowest BCUT2D eigenvalue weighted by molar-refractivity contribution is 0.794. The van der Waals surface area contributed by atoms with Gasteiger partial charge in [-0.15, -0.1) is 10.2 Å². The van der Waals surface area contributed by atoms with Crippen molar-refractivity contribution in [2.75, 3.05) is 5.73 Å². The zero-order valence-corrected chi connectivity index (χ0v) is 13.4. The van der Waals surface area contributed by atoms with Crippen LogP contribution < -0.4 is 5.73 Å². The van der Waals surface area contributed by atoms with E-state index in [0.717, 1.165) is 27.8 Å². The molecule has 0 aliphatic carbocycles. The Labute approximate surface area is 138 Å². The Bertz CT molecular complexity index is 861. The molecule has 1 aromatic heterocycles. The number of aromatic nitrogens is 3. The van der Waals surface area contributed by atoms with Crippen molar-refractivity contribution < 1.29 is 0 Å². The summed E-state index contributed by atoms with van der Waals surface area (Å²) in [5.74, 6) is 1.47. The zero-order chi connectivity index (χ0) is 16.2. The number of nitrogens with zero attached hydrogens (tertiary/aromatic N) is 4. The van der Waals surface area contributed by atoms with Crippen molar-refractivity contribution in [3.8, 4) is 17.5 Å². The molecule has 0 saturated carbocycles. The largest absolute Gasteiger partial charge is 0.399 e. The maximum Gasteiger partial charge on any atom is 0.191 e. The molecule has 2 aromatic carbocycles. The SMILES string of the molecule is Cn1c(SCc2ccccc2C#N)nnc1-c1ccc(N)cc1.